The molecule has 3 aliphatic rings. The van der Waals surface area contributed by atoms with E-state index in [-0.39, 0.29) is 56.6 Å². The lowest BCUT2D eigenvalue weighted by Gasteiger charge is -2.39. The number of carbonyl (C=O) groups is 4. The number of rotatable bonds is 10. The van der Waals surface area contributed by atoms with Crippen LogP contribution in [0.3, 0.4) is 0 Å². The molecule has 17 heteroatoms. The molecule has 70 heavy (non-hydrogen) atoms. The van der Waals surface area contributed by atoms with Crippen LogP contribution in [0.5, 0.6) is 0 Å². The molecule has 4 amide bonds. The molecule has 5 heterocycles. The first-order valence-corrected chi connectivity index (χ1v) is 24.1. The van der Waals surface area contributed by atoms with Crippen LogP contribution in [0.1, 0.15) is 91.0 Å². The molecule has 2 N–H and O–H groups in total. The van der Waals surface area contributed by atoms with Crippen molar-refractivity contribution in [1.82, 2.24) is 40.2 Å². The number of hydrazine groups is 2. The number of halogens is 3. The fraction of sp³-hybridized carbons (Fsp3) is 0.528. The zero-order valence-corrected chi connectivity index (χ0v) is 42.0. The number of likely N-dealkylation sites (tertiary alicyclic amines) is 1. The molecule has 0 unspecified atom stereocenters. The van der Waals surface area contributed by atoms with Crippen molar-refractivity contribution in [2.45, 2.75) is 118 Å². The lowest BCUT2D eigenvalue weighted by Crippen LogP contribution is -2.62. The van der Waals surface area contributed by atoms with Crippen LogP contribution in [0.4, 0.5) is 18.0 Å². The maximum Gasteiger partial charge on any atom is 0.406 e. The Bertz CT molecular complexity index is 2660. The van der Waals surface area contributed by atoms with Gasteiger partial charge in [-0.1, -0.05) is 71.7 Å². The maximum absolute atomic E-state index is 14.7. The van der Waals surface area contributed by atoms with Gasteiger partial charge in [0.1, 0.15) is 12.6 Å². The minimum atomic E-state index is -4.55. The van der Waals surface area contributed by atoms with Gasteiger partial charge in [-0.25, -0.2) is 15.2 Å². The number of esters is 1. The van der Waals surface area contributed by atoms with E-state index in [1.54, 1.807) is 29.3 Å². The number of carbonyl (C=O) groups excluding carboxylic acids is 4. The van der Waals surface area contributed by atoms with Gasteiger partial charge in [0.2, 0.25) is 5.91 Å². The van der Waals surface area contributed by atoms with Crippen LogP contribution in [0, 0.1) is 29.1 Å². The molecule has 4 aromatic rings. The van der Waals surface area contributed by atoms with Crippen molar-refractivity contribution in [1.29, 1.82) is 0 Å². The van der Waals surface area contributed by atoms with E-state index in [1.165, 1.54) is 14.6 Å². The van der Waals surface area contributed by atoms with Gasteiger partial charge < -0.3 is 18.9 Å². The minimum Gasteiger partial charge on any atom is -0.464 e. The third-order valence-electron chi connectivity index (χ3n) is 13.6. The Morgan fingerprint density at radius 1 is 1.03 bits per heavy atom. The number of nitrogens with one attached hydrogen (secondary N) is 2. The van der Waals surface area contributed by atoms with E-state index < -0.39 is 53.5 Å². The van der Waals surface area contributed by atoms with Crippen LogP contribution < -0.4 is 10.9 Å². The summed E-state index contributed by atoms with van der Waals surface area (Å²) in [6.07, 6.45) is -2.09. The highest BCUT2D eigenvalue weighted by Crippen LogP contribution is 2.43. The van der Waals surface area contributed by atoms with Crippen molar-refractivity contribution in [2.75, 3.05) is 46.9 Å². The van der Waals surface area contributed by atoms with Gasteiger partial charge >= 0.3 is 18.2 Å². The van der Waals surface area contributed by atoms with E-state index in [0.717, 1.165) is 11.1 Å². The average Bonchev–Trinajstić information content (AvgIpc) is 3.56. The fourth-order valence-electron chi connectivity index (χ4n) is 8.97. The Labute approximate surface area is 409 Å². The maximum atomic E-state index is 14.7. The van der Waals surface area contributed by atoms with Crippen LogP contribution in [-0.4, -0.2) is 124 Å². The van der Waals surface area contributed by atoms with E-state index >= 15 is 0 Å². The van der Waals surface area contributed by atoms with Gasteiger partial charge in [0.25, 0.3) is 5.91 Å². The lowest BCUT2D eigenvalue weighted by atomic mass is 9.84. The third-order valence-corrected chi connectivity index (χ3v) is 13.6. The number of hydrogen-bond donors (Lipinski definition) is 2. The molecule has 7 rings (SSSR count). The Morgan fingerprint density at radius 3 is 2.44 bits per heavy atom. The molecule has 2 saturated heterocycles. The molecule has 0 spiro atoms. The number of pyridine rings is 1. The summed E-state index contributed by atoms with van der Waals surface area (Å²) >= 11 is 0. The summed E-state index contributed by atoms with van der Waals surface area (Å²) in [6.45, 7) is 15.0. The van der Waals surface area contributed by atoms with Crippen LogP contribution in [0.25, 0.3) is 33.3 Å². The Balaban J connectivity index is 1.22. The van der Waals surface area contributed by atoms with Crippen LogP contribution in [-0.2, 0) is 43.4 Å². The molecule has 376 valence electrons. The van der Waals surface area contributed by atoms with E-state index in [4.69, 9.17) is 9.47 Å². The summed E-state index contributed by atoms with van der Waals surface area (Å²) < 4.78 is 57.5. The summed E-state index contributed by atoms with van der Waals surface area (Å²) in [4.78, 5) is 63.7. The zero-order chi connectivity index (χ0) is 50.9. The minimum absolute atomic E-state index is 0.0374. The molecule has 6 bridgehead atoms. The quantitative estimate of drug-likeness (QED) is 0.120. The SMILES string of the molecule is CC(C)c1ncccc1-c1c2c3cc(ccc3n1CC(F)(F)F)-c1cccc(c1)CN(NC(=O)[C@@H](COC1CN(C(=O)C#CC(C)(C)N(C)C)C1)C(C)C)C(=O)N1CCC[C@H](N1)C(=O)OCC(C)(C)C2. The van der Waals surface area contributed by atoms with Gasteiger partial charge in [-0.2, -0.15) is 13.2 Å². The smallest absolute Gasteiger partial charge is 0.406 e. The number of benzene rings is 2. The molecule has 3 aliphatic heterocycles. The van der Waals surface area contributed by atoms with Gasteiger partial charge in [0.15, 0.2) is 0 Å². The standard InChI is InChI=1S/C53H67F3N8O6/c1-33(2)42(30-69-38-28-61(29-38)45(65)20-21-52(7,8)60(9)10)48(66)59-64-27-35-14-11-15-36(24-35)37-18-19-44-40(25-37)41(26-51(5,6)32-70-49(67)43-17-13-23-63(58-43)50(64)68)47(62(44)31-53(54,55)56)39-16-12-22-57-46(39)34(3)4/h11-12,14-16,18-19,22,24-25,33-34,38,42-43,58H,13,17,23,26-32H2,1-10H3,(H,59,66)/t42-,43-/m0/s1. The summed E-state index contributed by atoms with van der Waals surface area (Å²) in [7, 11) is 3.80. The van der Waals surface area contributed by atoms with E-state index in [0.29, 0.717) is 64.9 Å². The molecular weight excluding hydrogens is 902 g/mol. The lowest BCUT2D eigenvalue weighted by molar-refractivity contribution is -0.152. The van der Waals surface area contributed by atoms with Gasteiger partial charge in [-0.15, -0.1) is 0 Å². The predicted octanol–water partition coefficient (Wildman–Crippen LogP) is 7.95. The highest BCUT2D eigenvalue weighted by Gasteiger charge is 2.38. The monoisotopic (exact) mass is 969 g/mol. The fourth-order valence-corrected chi connectivity index (χ4v) is 8.97. The summed E-state index contributed by atoms with van der Waals surface area (Å²) in [5.74, 6) is 3.45. The highest BCUT2D eigenvalue weighted by molar-refractivity contribution is 5.96. The topological polar surface area (TPSA) is 142 Å². The van der Waals surface area contributed by atoms with E-state index in [1.807, 2.05) is 111 Å². The second-order valence-corrected chi connectivity index (χ2v) is 21.0. The predicted molar refractivity (Wildman–Crippen MR) is 261 cm³/mol. The van der Waals surface area contributed by atoms with Crippen molar-refractivity contribution in [3.63, 3.8) is 0 Å². The first-order valence-electron chi connectivity index (χ1n) is 24.1. The number of urea groups is 1. The molecule has 14 nitrogen and oxygen atoms in total. The normalized spacial score (nSPS) is 18.6. The summed E-state index contributed by atoms with van der Waals surface area (Å²) in [5, 5.41) is 3.18. The van der Waals surface area contributed by atoms with Crippen molar-refractivity contribution >= 4 is 34.7 Å². The first kappa shape index (κ1) is 51.9. The first-order chi connectivity index (χ1) is 32.9. The van der Waals surface area contributed by atoms with Gasteiger partial charge in [-0.05, 0) is 118 Å². The Hall–Kier alpha value is -5.96. The van der Waals surface area contributed by atoms with E-state index in [9.17, 15) is 32.3 Å². The largest absolute Gasteiger partial charge is 0.464 e. The molecule has 0 aliphatic carbocycles. The average molecular weight is 969 g/mol. The third kappa shape index (κ3) is 12.0. The molecule has 0 saturated carbocycles. The number of alkyl halides is 3. The molecule has 0 radical (unpaired) electrons. The zero-order valence-electron chi connectivity index (χ0n) is 42.0. The Kier molecular flexibility index (Phi) is 15.4. The number of nitrogens with zero attached hydrogens (tertiary/aromatic N) is 6. The van der Waals surface area contributed by atoms with Gasteiger partial charge in [0, 0.05) is 47.7 Å². The van der Waals surface area contributed by atoms with Crippen LogP contribution in [0.15, 0.2) is 60.8 Å². The number of fused-ring (bicyclic) bond motifs is 6. The number of ether oxygens (including phenoxy) is 2. The van der Waals surface area contributed by atoms with Crippen molar-refractivity contribution in [2.24, 2.45) is 17.3 Å². The number of cyclic esters (lactones) is 1. The number of hydrogen-bond acceptors (Lipinski definition) is 9. The molecule has 2 aromatic heterocycles. The van der Waals surface area contributed by atoms with Gasteiger partial charge in [-0.3, -0.25) is 34.7 Å². The number of aromatic nitrogens is 2. The molecular formula is C53H67F3N8O6. The van der Waals surface area contributed by atoms with Crippen molar-refractivity contribution in [3.8, 4) is 34.2 Å². The molecule has 2 atom stereocenters. The second kappa shape index (κ2) is 20.8. The van der Waals surface area contributed by atoms with Gasteiger partial charge in [0.05, 0.1) is 48.7 Å². The highest BCUT2D eigenvalue weighted by atomic mass is 19.4. The van der Waals surface area contributed by atoms with Crippen molar-refractivity contribution < 1.29 is 41.8 Å². The number of amides is 4. The summed E-state index contributed by atoms with van der Waals surface area (Å²) in [6, 6.07) is 15.0. The molecule has 2 aromatic carbocycles. The Morgan fingerprint density at radius 2 is 1.76 bits per heavy atom. The summed E-state index contributed by atoms with van der Waals surface area (Å²) in [5.41, 5.74) is 9.59. The van der Waals surface area contributed by atoms with E-state index in [2.05, 4.69) is 27.7 Å². The van der Waals surface area contributed by atoms with Crippen LogP contribution in [0.2, 0.25) is 0 Å². The molecule has 2 fully saturated rings. The second-order valence-electron chi connectivity index (χ2n) is 21.0. The van der Waals surface area contributed by atoms with Crippen LogP contribution >= 0.6 is 0 Å². The van der Waals surface area contributed by atoms with Crippen molar-refractivity contribution in [3.05, 3.63) is 77.6 Å².